The molecule has 1 aromatic heterocycles. The SMILES string of the molecule is CCC.NSc1cccs1. The Labute approximate surface area is 70.8 Å². The van der Waals surface area contributed by atoms with Crippen molar-refractivity contribution in [3.8, 4) is 0 Å². The van der Waals surface area contributed by atoms with Crippen LogP contribution in [-0.4, -0.2) is 0 Å². The van der Waals surface area contributed by atoms with Crippen LogP contribution in [0, 0.1) is 0 Å². The normalized spacial score (nSPS) is 8.30. The van der Waals surface area contributed by atoms with Crippen molar-refractivity contribution in [3.05, 3.63) is 17.5 Å². The van der Waals surface area contributed by atoms with Gasteiger partial charge in [-0.25, -0.2) is 0 Å². The molecule has 0 atom stereocenters. The van der Waals surface area contributed by atoms with Crippen LogP contribution < -0.4 is 5.14 Å². The molecule has 0 saturated carbocycles. The molecule has 1 aromatic rings. The first-order valence-corrected chi connectivity index (χ1v) is 5.01. The summed E-state index contributed by atoms with van der Waals surface area (Å²) in [4.78, 5) is 0. The molecule has 0 aromatic carbocycles. The minimum absolute atomic E-state index is 1.17. The van der Waals surface area contributed by atoms with Gasteiger partial charge in [-0.1, -0.05) is 26.3 Å². The van der Waals surface area contributed by atoms with Crippen molar-refractivity contribution < 1.29 is 0 Å². The molecule has 0 fully saturated rings. The average molecular weight is 175 g/mol. The lowest BCUT2D eigenvalue weighted by atomic mass is 10.6. The van der Waals surface area contributed by atoms with Gasteiger partial charge in [-0.05, 0) is 23.4 Å². The molecule has 0 saturated heterocycles. The Bertz CT molecular complexity index is 137. The van der Waals surface area contributed by atoms with Crippen LogP contribution in [0.3, 0.4) is 0 Å². The standard InChI is InChI=1S/C4H5NS2.C3H8/c5-7-4-2-1-3-6-4;1-3-2/h1-3H,5H2;3H2,1-2H3. The number of nitrogens with two attached hydrogens (primary N) is 1. The largest absolute Gasteiger partial charge is 0.273 e. The molecule has 58 valence electrons. The van der Waals surface area contributed by atoms with Crippen molar-refractivity contribution in [1.82, 2.24) is 0 Å². The van der Waals surface area contributed by atoms with E-state index in [9.17, 15) is 0 Å². The first kappa shape index (κ1) is 10.0. The van der Waals surface area contributed by atoms with Crippen LogP contribution in [0.15, 0.2) is 21.7 Å². The highest BCUT2D eigenvalue weighted by molar-refractivity contribution is 7.99. The molecule has 0 bridgehead atoms. The highest BCUT2D eigenvalue weighted by atomic mass is 32.2. The van der Waals surface area contributed by atoms with Crippen LogP contribution in [0.1, 0.15) is 20.3 Å². The summed E-state index contributed by atoms with van der Waals surface area (Å²) in [6.07, 6.45) is 1.25. The zero-order valence-corrected chi connectivity index (χ0v) is 7.97. The van der Waals surface area contributed by atoms with Gasteiger partial charge in [-0.15, -0.1) is 11.3 Å². The van der Waals surface area contributed by atoms with Crippen molar-refractivity contribution in [2.24, 2.45) is 5.14 Å². The Hall–Kier alpha value is 0.01000. The van der Waals surface area contributed by atoms with Gasteiger partial charge in [-0.2, -0.15) is 0 Å². The van der Waals surface area contributed by atoms with Crippen LogP contribution in [0.25, 0.3) is 0 Å². The second-order valence-corrected chi connectivity index (χ2v) is 3.64. The van der Waals surface area contributed by atoms with E-state index in [0.29, 0.717) is 0 Å². The molecule has 1 nitrogen and oxygen atoms in total. The lowest BCUT2D eigenvalue weighted by Crippen LogP contribution is -1.70. The van der Waals surface area contributed by atoms with E-state index in [-0.39, 0.29) is 0 Å². The molecule has 0 unspecified atom stereocenters. The summed E-state index contributed by atoms with van der Waals surface area (Å²) in [5.74, 6) is 0. The molecular formula is C7H13NS2. The van der Waals surface area contributed by atoms with Crippen molar-refractivity contribution in [2.45, 2.75) is 24.5 Å². The summed E-state index contributed by atoms with van der Waals surface area (Å²) in [6, 6.07) is 3.98. The first-order valence-electron chi connectivity index (χ1n) is 3.25. The van der Waals surface area contributed by atoms with Crippen LogP contribution in [0.2, 0.25) is 0 Å². The van der Waals surface area contributed by atoms with E-state index in [1.807, 2.05) is 17.5 Å². The molecule has 0 aliphatic rings. The van der Waals surface area contributed by atoms with E-state index in [0.717, 1.165) is 0 Å². The van der Waals surface area contributed by atoms with Gasteiger partial charge in [0.15, 0.2) is 0 Å². The van der Waals surface area contributed by atoms with Crippen molar-refractivity contribution in [3.63, 3.8) is 0 Å². The fourth-order valence-electron chi connectivity index (χ4n) is 0.331. The predicted octanol–water partition coefficient (Wildman–Crippen LogP) is 3.13. The Balaban J connectivity index is 0.000000236. The zero-order chi connectivity index (χ0) is 7.82. The minimum Gasteiger partial charge on any atom is -0.273 e. The third-order valence-corrected chi connectivity index (χ3v) is 2.22. The maximum atomic E-state index is 5.22. The fourth-order valence-corrected chi connectivity index (χ4v) is 1.32. The Kier molecular flexibility index (Phi) is 7.13. The summed E-state index contributed by atoms with van der Waals surface area (Å²) in [7, 11) is 0. The monoisotopic (exact) mass is 175 g/mol. The highest BCUT2D eigenvalue weighted by Gasteiger charge is 1.84. The molecule has 1 heterocycles. The van der Waals surface area contributed by atoms with Crippen LogP contribution in [0.4, 0.5) is 0 Å². The first-order chi connectivity index (χ1) is 4.85. The van der Waals surface area contributed by atoms with E-state index < -0.39 is 0 Å². The number of hydrogen-bond acceptors (Lipinski definition) is 3. The maximum absolute atomic E-state index is 5.22. The molecule has 3 heteroatoms. The van der Waals surface area contributed by atoms with E-state index >= 15 is 0 Å². The molecule has 0 spiro atoms. The van der Waals surface area contributed by atoms with Crippen molar-refractivity contribution >= 4 is 23.3 Å². The molecule has 0 radical (unpaired) electrons. The molecule has 0 aliphatic heterocycles. The lowest BCUT2D eigenvalue weighted by molar-refractivity contribution is 1.09. The van der Waals surface area contributed by atoms with E-state index in [1.54, 1.807) is 11.3 Å². The number of rotatable bonds is 1. The lowest BCUT2D eigenvalue weighted by Gasteiger charge is -1.78. The van der Waals surface area contributed by atoms with Gasteiger partial charge in [0.1, 0.15) is 0 Å². The number of thiophene rings is 1. The summed E-state index contributed by atoms with van der Waals surface area (Å²) in [5, 5.41) is 7.23. The molecular weight excluding hydrogens is 162 g/mol. The smallest absolute Gasteiger partial charge is 0.0749 e. The highest BCUT2D eigenvalue weighted by Crippen LogP contribution is 2.16. The summed E-state index contributed by atoms with van der Waals surface area (Å²) in [6.45, 7) is 4.25. The summed E-state index contributed by atoms with van der Waals surface area (Å²) < 4.78 is 1.17. The molecule has 10 heavy (non-hydrogen) atoms. The average Bonchev–Trinajstić information content (AvgIpc) is 2.39. The van der Waals surface area contributed by atoms with Gasteiger partial charge < -0.3 is 0 Å². The van der Waals surface area contributed by atoms with Crippen LogP contribution in [-0.2, 0) is 0 Å². The molecule has 1 rings (SSSR count). The van der Waals surface area contributed by atoms with E-state index in [4.69, 9.17) is 5.14 Å². The van der Waals surface area contributed by atoms with Gasteiger partial charge in [0, 0.05) is 0 Å². The second kappa shape index (κ2) is 7.12. The Morgan fingerprint density at radius 1 is 1.60 bits per heavy atom. The third kappa shape index (κ3) is 4.85. The molecule has 0 aliphatic carbocycles. The maximum Gasteiger partial charge on any atom is 0.0749 e. The minimum atomic E-state index is 1.17. The van der Waals surface area contributed by atoms with Gasteiger partial charge >= 0.3 is 0 Å². The predicted molar refractivity (Wildman–Crippen MR) is 50.3 cm³/mol. The third-order valence-electron chi connectivity index (χ3n) is 0.611. The summed E-state index contributed by atoms with van der Waals surface area (Å²) in [5.41, 5.74) is 0. The Morgan fingerprint density at radius 3 is 2.40 bits per heavy atom. The fraction of sp³-hybridized carbons (Fsp3) is 0.429. The second-order valence-electron chi connectivity index (χ2n) is 1.76. The van der Waals surface area contributed by atoms with Gasteiger partial charge in [0.05, 0.1) is 4.21 Å². The van der Waals surface area contributed by atoms with Gasteiger partial charge in [-0.3, -0.25) is 5.14 Å². The van der Waals surface area contributed by atoms with E-state index in [2.05, 4.69) is 13.8 Å². The van der Waals surface area contributed by atoms with Crippen molar-refractivity contribution in [2.75, 3.05) is 0 Å². The Morgan fingerprint density at radius 2 is 2.20 bits per heavy atom. The number of hydrogen-bond donors (Lipinski definition) is 1. The van der Waals surface area contributed by atoms with E-state index in [1.165, 1.54) is 22.6 Å². The molecule has 2 N–H and O–H groups in total. The van der Waals surface area contributed by atoms with Crippen molar-refractivity contribution in [1.29, 1.82) is 0 Å². The van der Waals surface area contributed by atoms with Gasteiger partial charge in [0.25, 0.3) is 0 Å². The van der Waals surface area contributed by atoms with Crippen LogP contribution >= 0.6 is 23.3 Å². The van der Waals surface area contributed by atoms with Crippen LogP contribution in [0.5, 0.6) is 0 Å². The summed E-state index contributed by atoms with van der Waals surface area (Å²) >= 11 is 2.95. The topological polar surface area (TPSA) is 26.0 Å². The molecule has 0 amide bonds. The quantitative estimate of drug-likeness (QED) is 0.664. The zero-order valence-electron chi connectivity index (χ0n) is 6.33. The van der Waals surface area contributed by atoms with Gasteiger partial charge in [0.2, 0.25) is 0 Å².